The third-order valence-corrected chi connectivity index (χ3v) is 3.60. The van der Waals surface area contributed by atoms with Crippen LogP contribution in [-0.4, -0.2) is 35.7 Å². The van der Waals surface area contributed by atoms with E-state index in [4.69, 9.17) is 0 Å². The summed E-state index contributed by atoms with van der Waals surface area (Å²) < 4.78 is 0. The first-order valence-electron chi connectivity index (χ1n) is 5.31. The molecule has 2 aliphatic rings. The highest BCUT2D eigenvalue weighted by molar-refractivity contribution is 5.18. The Bertz CT molecular complexity index is 224. The van der Waals surface area contributed by atoms with Gasteiger partial charge in [0.2, 0.25) is 0 Å². The van der Waals surface area contributed by atoms with Crippen molar-refractivity contribution < 1.29 is 5.11 Å². The molecule has 1 aliphatic heterocycles. The lowest BCUT2D eigenvalue weighted by Crippen LogP contribution is -2.36. The van der Waals surface area contributed by atoms with E-state index in [2.05, 4.69) is 24.9 Å². The monoisotopic (exact) mass is 181 g/mol. The third kappa shape index (κ3) is 1.53. The van der Waals surface area contributed by atoms with Crippen LogP contribution in [0.3, 0.4) is 0 Å². The van der Waals surface area contributed by atoms with E-state index in [-0.39, 0.29) is 6.10 Å². The second-order valence-corrected chi connectivity index (χ2v) is 4.34. The molecule has 74 valence electrons. The number of rotatable bonds is 1. The fourth-order valence-corrected chi connectivity index (χ4v) is 2.85. The van der Waals surface area contributed by atoms with Crippen LogP contribution in [0.1, 0.15) is 26.2 Å². The Hall–Kier alpha value is -0.340. The van der Waals surface area contributed by atoms with Crippen molar-refractivity contribution >= 4 is 0 Å². The average Bonchev–Trinajstić information content (AvgIpc) is 2.47. The highest BCUT2D eigenvalue weighted by Crippen LogP contribution is 2.37. The SMILES string of the molecule is CCC1=CC(O)CC2C1CCN2C. The maximum atomic E-state index is 9.67. The zero-order chi connectivity index (χ0) is 9.42. The molecule has 0 aromatic carbocycles. The molecule has 13 heavy (non-hydrogen) atoms. The molecular weight excluding hydrogens is 162 g/mol. The molecule has 0 bridgehead atoms. The van der Waals surface area contributed by atoms with E-state index >= 15 is 0 Å². The molecule has 1 saturated heterocycles. The Balaban J connectivity index is 2.20. The fraction of sp³-hybridized carbons (Fsp3) is 0.818. The Labute approximate surface area is 80.2 Å². The Morgan fingerprint density at radius 1 is 1.62 bits per heavy atom. The van der Waals surface area contributed by atoms with Gasteiger partial charge in [-0.15, -0.1) is 0 Å². The van der Waals surface area contributed by atoms with E-state index in [0.717, 1.165) is 18.8 Å². The normalized spacial score (nSPS) is 40.2. The topological polar surface area (TPSA) is 23.5 Å². The zero-order valence-corrected chi connectivity index (χ0v) is 8.53. The van der Waals surface area contributed by atoms with Crippen molar-refractivity contribution in [2.24, 2.45) is 5.92 Å². The lowest BCUT2D eigenvalue weighted by atomic mass is 9.81. The molecule has 0 aromatic rings. The van der Waals surface area contributed by atoms with Crippen LogP contribution in [0.2, 0.25) is 0 Å². The van der Waals surface area contributed by atoms with Crippen molar-refractivity contribution in [3.63, 3.8) is 0 Å². The summed E-state index contributed by atoms with van der Waals surface area (Å²) in [6.45, 7) is 3.39. The predicted octanol–water partition coefficient (Wildman–Crippen LogP) is 1.41. The van der Waals surface area contributed by atoms with Gasteiger partial charge in [0.15, 0.2) is 0 Å². The van der Waals surface area contributed by atoms with E-state index in [0.29, 0.717) is 6.04 Å². The molecule has 0 amide bonds. The minimum Gasteiger partial charge on any atom is -0.389 e. The minimum atomic E-state index is -0.197. The van der Waals surface area contributed by atoms with E-state index in [1.54, 1.807) is 0 Å². The Kier molecular flexibility index (Phi) is 2.43. The number of aliphatic hydroxyl groups is 1. The predicted molar refractivity (Wildman–Crippen MR) is 53.5 cm³/mol. The number of aliphatic hydroxyl groups excluding tert-OH is 1. The Morgan fingerprint density at radius 3 is 3.08 bits per heavy atom. The number of fused-ring (bicyclic) bond motifs is 1. The molecule has 0 saturated carbocycles. The first-order valence-corrected chi connectivity index (χ1v) is 5.31. The number of hydrogen-bond acceptors (Lipinski definition) is 2. The van der Waals surface area contributed by atoms with Crippen molar-refractivity contribution in [1.82, 2.24) is 4.90 Å². The van der Waals surface area contributed by atoms with Gasteiger partial charge >= 0.3 is 0 Å². The maximum Gasteiger partial charge on any atom is 0.0738 e. The minimum absolute atomic E-state index is 0.197. The largest absolute Gasteiger partial charge is 0.389 e. The molecule has 1 N–H and O–H groups in total. The number of likely N-dealkylation sites (tertiary alicyclic amines) is 1. The van der Waals surface area contributed by atoms with Crippen LogP contribution < -0.4 is 0 Å². The van der Waals surface area contributed by atoms with E-state index in [1.807, 2.05) is 0 Å². The fourth-order valence-electron chi connectivity index (χ4n) is 2.85. The number of nitrogens with zero attached hydrogens (tertiary/aromatic N) is 1. The van der Waals surface area contributed by atoms with Gasteiger partial charge in [-0.25, -0.2) is 0 Å². The second kappa shape index (κ2) is 3.43. The summed E-state index contributed by atoms with van der Waals surface area (Å²) in [6.07, 6.45) is 5.21. The molecule has 2 rings (SSSR count). The van der Waals surface area contributed by atoms with Crippen LogP contribution in [0.4, 0.5) is 0 Å². The van der Waals surface area contributed by atoms with E-state index in [9.17, 15) is 5.11 Å². The summed E-state index contributed by atoms with van der Waals surface area (Å²) in [7, 11) is 2.18. The summed E-state index contributed by atoms with van der Waals surface area (Å²) in [5, 5.41) is 9.67. The average molecular weight is 181 g/mol. The van der Waals surface area contributed by atoms with Gasteiger partial charge in [0.05, 0.1) is 6.10 Å². The summed E-state index contributed by atoms with van der Waals surface area (Å²) in [6, 6.07) is 0.606. The molecular formula is C11H19NO. The van der Waals surface area contributed by atoms with Crippen molar-refractivity contribution in [3.8, 4) is 0 Å². The summed E-state index contributed by atoms with van der Waals surface area (Å²) >= 11 is 0. The van der Waals surface area contributed by atoms with Crippen LogP contribution >= 0.6 is 0 Å². The highest BCUT2D eigenvalue weighted by atomic mass is 16.3. The van der Waals surface area contributed by atoms with Crippen molar-refractivity contribution in [2.45, 2.75) is 38.3 Å². The van der Waals surface area contributed by atoms with Gasteiger partial charge in [-0.3, -0.25) is 0 Å². The van der Waals surface area contributed by atoms with Crippen molar-refractivity contribution in [2.75, 3.05) is 13.6 Å². The number of hydrogen-bond donors (Lipinski definition) is 1. The molecule has 0 aromatic heterocycles. The van der Waals surface area contributed by atoms with Gasteiger partial charge in [0.1, 0.15) is 0 Å². The van der Waals surface area contributed by atoms with Crippen LogP contribution in [0.5, 0.6) is 0 Å². The first kappa shape index (κ1) is 9.22. The molecule has 2 nitrogen and oxygen atoms in total. The highest BCUT2D eigenvalue weighted by Gasteiger charge is 2.37. The Morgan fingerprint density at radius 2 is 2.38 bits per heavy atom. The molecule has 0 spiro atoms. The molecule has 2 heteroatoms. The van der Waals surface area contributed by atoms with Crippen LogP contribution in [0.15, 0.2) is 11.6 Å². The summed E-state index contributed by atoms with van der Waals surface area (Å²) in [5.74, 6) is 0.735. The molecule has 1 aliphatic carbocycles. The molecule has 3 atom stereocenters. The van der Waals surface area contributed by atoms with Gasteiger partial charge < -0.3 is 10.0 Å². The van der Waals surface area contributed by atoms with Crippen LogP contribution in [0.25, 0.3) is 0 Å². The summed E-state index contributed by atoms with van der Waals surface area (Å²) in [4.78, 5) is 2.40. The third-order valence-electron chi connectivity index (χ3n) is 3.60. The standard InChI is InChI=1S/C11H19NO/c1-3-8-6-9(13)7-11-10(8)4-5-12(11)2/h6,9-11,13H,3-5,7H2,1-2H3. The van der Waals surface area contributed by atoms with E-state index < -0.39 is 0 Å². The zero-order valence-electron chi connectivity index (χ0n) is 8.53. The van der Waals surface area contributed by atoms with Gasteiger partial charge in [0, 0.05) is 6.04 Å². The smallest absolute Gasteiger partial charge is 0.0738 e. The molecule has 1 fully saturated rings. The quantitative estimate of drug-likeness (QED) is 0.618. The maximum absolute atomic E-state index is 9.67. The summed E-state index contributed by atoms with van der Waals surface area (Å²) in [5.41, 5.74) is 1.48. The van der Waals surface area contributed by atoms with Crippen molar-refractivity contribution in [3.05, 3.63) is 11.6 Å². The molecule has 1 heterocycles. The van der Waals surface area contributed by atoms with Crippen LogP contribution in [0, 0.1) is 5.92 Å². The lowest BCUT2D eigenvalue weighted by molar-refractivity contribution is 0.142. The molecule has 0 radical (unpaired) electrons. The van der Waals surface area contributed by atoms with Gasteiger partial charge in [-0.1, -0.05) is 18.6 Å². The van der Waals surface area contributed by atoms with Gasteiger partial charge in [0.25, 0.3) is 0 Å². The second-order valence-electron chi connectivity index (χ2n) is 4.34. The molecule has 3 unspecified atom stereocenters. The van der Waals surface area contributed by atoms with Gasteiger partial charge in [-0.2, -0.15) is 0 Å². The first-order chi connectivity index (χ1) is 6.22. The van der Waals surface area contributed by atoms with E-state index in [1.165, 1.54) is 18.5 Å². The lowest BCUT2D eigenvalue weighted by Gasteiger charge is -2.32. The van der Waals surface area contributed by atoms with Crippen molar-refractivity contribution in [1.29, 1.82) is 0 Å². The van der Waals surface area contributed by atoms with Crippen LogP contribution in [-0.2, 0) is 0 Å². The van der Waals surface area contributed by atoms with Gasteiger partial charge in [-0.05, 0) is 38.8 Å².